The van der Waals surface area contributed by atoms with E-state index in [4.69, 9.17) is 9.47 Å². The number of hydrogen-bond donors (Lipinski definition) is 0. The van der Waals surface area contributed by atoms with E-state index in [-0.39, 0.29) is 10.5 Å². The first-order chi connectivity index (χ1) is 10.5. The SMILES string of the molecule is COc1cc(C(C)Br)c([N+](=O)[O-])cc1OCc1ccccc1. The van der Waals surface area contributed by atoms with Crippen molar-refractivity contribution in [3.63, 3.8) is 0 Å². The molecule has 0 spiro atoms. The predicted molar refractivity (Wildman–Crippen MR) is 87.8 cm³/mol. The van der Waals surface area contributed by atoms with Gasteiger partial charge in [-0.25, -0.2) is 0 Å². The first-order valence-electron chi connectivity index (χ1n) is 6.70. The largest absolute Gasteiger partial charge is 0.493 e. The van der Waals surface area contributed by atoms with E-state index >= 15 is 0 Å². The van der Waals surface area contributed by atoms with E-state index in [1.165, 1.54) is 13.2 Å². The van der Waals surface area contributed by atoms with Gasteiger partial charge in [0.1, 0.15) is 6.61 Å². The van der Waals surface area contributed by atoms with Crippen LogP contribution in [0, 0.1) is 10.1 Å². The molecule has 5 nitrogen and oxygen atoms in total. The number of rotatable bonds is 6. The minimum atomic E-state index is -0.415. The molecule has 2 aromatic rings. The molecular formula is C16H16BrNO4. The molecule has 0 saturated carbocycles. The van der Waals surface area contributed by atoms with Gasteiger partial charge in [0.05, 0.1) is 18.1 Å². The van der Waals surface area contributed by atoms with Gasteiger partial charge in [0.25, 0.3) is 5.69 Å². The van der Waals surface area contributed by atoms with Crippen LogP contribution < -0.4 is 9.47 Å². The number of alkyl halides is 1. The first kappa shape index (κ1) is 16.3. The molecule has 0 N–H and O–H groups in total. The molecule has 0 fully saturated rings. The Kier molecular flexibility index (Phi) is 5.38. The third kappa shape index (κ3) is 3.76. The van der Waals surface area contributed by atoms with Crippen LogP contribution in [0.1, 0.15) is 22.9 Å². The maximum absolute atomic E-state index is 11.2. The van der Waals surface area contributed by atoms with Crippen molar-refractivity contribution in [2.45, 2.75) is 18.4 Å². The van der Waals surface area contributed by atoms with Crippen molar-refractivity contribution in [1.82, 2.24) is 0 Å². The van der Waals surface area contributed by atoms with Gasteiger partial charge in [-0.1, -0.05) is 46.3 Å². The molecule has 0 heterocycles. The first-order valence-corrected chi connectivity index (χ1v) is 7.61. The van der Waals surface area contributed by atoms with Crippen LogP contribution in [0.4, 0.5) is 5.69 Å². The third-order valence-corrected chi connectivity index (χ3v) is 3.67. The van der Waals surface area contributed by atoms with Crippen molar-refractivity contribution in [2.75, 3.05) is 7.11 Å². The number of nitro groups is 1. The normalized spacial score (nSPS) is 11.8. The van der Waals surface area contributed by atoms with Gasteiger partial charge in [0.2, 0.25) is 0 Å². The van der Waals surface area contributed by atoms with Crippen LogP contribution in [-0.4, -0.2) is 12.0 Å². The van der Waals surface area contributed by atoms with Crippen molar-refractivity contribution in [3.05, 3.63) is 63.7 Å². The summed E-state index contributed by atoms with van der Waals surface area (Å²) in [6.45, 7) is 2.14. The standard InChI is InChI=1S/C16H16BrNO4/c1-11(17)13-8-15(21-2)16(9-14(13)18(19)20)22-10-12-6-4-3-5-7-12/h3-9,11H,10H2,1-2H3. The molecule has 116 valence electrons. The molecule has 1 unspecified atom stereocenters. The fourth-order valence-corrected chi connectivity index (χ4v) is 2.42. The molecule has 0 amide bonds. The van der Waals surface area contributed by atoms with Gasteiger partial charge in [0, 0.05) is 10.4 Å². The smallest absolute Gasteiger partial charge is 0.277 e. The third-order valence-electron chi connectivity index (χ3n) is 3.18. The summed E-state index contributed by atoms with van der Waals surface area (Å²) in [4.78, 5) is 10.7. The van der Waals surface area contributed by atoms with Crippen molar-refractivity contribution in [2.24, 2.45) is 0 Å². The Morgan fingerprint density at radius 1 is 1.23 bits per heavy atom. The van der Waals surface area contributed by atoms with E-state index in [2.05, 4.69) is 15.9 Å². The Bertz CT molecular complexity index is 659. The molecular weight excluding hydrogens is 350 g/mol. The van der Waals surface area contributed by atoms with Crippen molar-refractivity contribution in [3.8, 4) is 11.5 Å². The van der Waals surface area contributed by atoms with Crippen LogP contribution in [0.5, 0.6) is 11.5 Å². The van der Waals surface area contributed by atoms with E-state index in [1.54, 1.807) is 6.07 Å². The molecule has 0 saturated heterocycles. The van der Waals surface area contributed by atoms with Crippen LogP contribution in [0.2, 0.25) is 0 Å². The van der Waals surface area contributed by atoms with Crippen molar-refractivity contribution >= 4 is 21.6 Å². The van der Waals surface area contributed by atoms with Crippen LogP contribution in [0.3, 0.4) is 0 Å². The summed E-state index contributed by atoms with van der Waals surface area (Å²) in [6, 6.07) is 12.6. The topological polar surface area (TPSA) is 61.6 Å². The lowest BCUT2D eigenvalue weighted by Gasteiger charge is -2.14. The lowest BCUT2D eigenvalue weighted by Crippen LogP contribution is -2.02. The average Bonchev–Trinajstić information content (AvgIpc) is 2.52. The molecule has 0 aliphatic heterocycles. The lowest BCUT2D eigenvalue weighted by atomic mass is 10.1. The Hall–Kier alpha value is -2.08. The van der Waals surface area contributed by atoms with E-state index < -0.39 is 4.92 Å². The van der Waals surface area contributed by atoms with Crippen LogP contribution in [-0.2, 0) is 6.61 Å². The van der Waals surface area contributed by atoms with Gasteiger partial charge < -0.3 is 9.47 Å². The number of nitro benzene ring substituents is 1. The maximum Gasteiger partial charge on any atom is 0.277 e. The highest BCUT2D eigenvalue weighted by atomic mass is 79.9. The van der Waals surface area contributed by atoms with Gasteiger partial charge >= 0.3 is 0 Å². The summed E-state index contributed by atoms with van der Waals surface area (Å²) in [5.41, 5.74) is 1.53. The quantitative estimate of drug-likeness (QED) is 0.425. The van der Waals surface area contributed by atoms with Crippen LogP contribution in [0.15, 0.2) is 42.5 Å². The molecule has 1 atom stereocenters. The van der Waals surface area contributed by atoms with E-state index in [0.29, 0.717) is 23.7 Å². The van der Waals surface area contributed by atoms with Gasteiger partial charge in [-0.15, -0.1) is 0 Å². The second kappa shape index (κ2) is 7.26. The van der Waals surface area contributed by atoms with Crippen LogP contribution in [0.25, 0.3) is 0 Å². The fraction of sp³-hybridized carbons (Fsp3) is 0.250. The number of ether oxygens (including phenoxy) is 2. The number of nitrogens with zero attached hydrogens (tertiary/aromatic N) is 1. The zero-order valence-corrected chi connectivity index (χ0v) is 13.9. The minimum Gasteiger partial charge on any atom is -0.493 e. The lowest BCUT2D eigenvalue weighted by molar-refractivity contribution is -0.385. The molecule has 0 radical (unpaired) electrons. The summed E-state index contributed by atoms with van der Waals surface area (Å²) in [5, 5.41) is 11.2. The second-order valence-electron chi connectivity index (χ2n) is 4.71. The summed E-state index contributed by atoms with van der Waals surface area (Å²) < 4.78 is 11.0. The minimum absolute atomic E-state index is 0.00763. The van der Waals surface area contributed by atoms with Crippen LogP contribution >= 0.6 is 15.9 Å². The molecule has 6 heteroatoms. The number of hydrogen-bond acceptors (Lipinski definition) is 4. The average molecular weight is 366 g/mol. The molecule has 22 heavy (non-hydrogen) atoms. The molecule has 2 rings (SSSR count). The van der Waals surface area contributed by atoms with E-state index in [0.717, 1.165) is 5.56 Å². The summed E-state index contributed by atoms with van der Waals surface area (Å²) in [7, 11) is 1.51. The van der Waals surface area contributed by atoms with Gasteiger partial charge in [-0.05, 0) is 18.6 Å². The number of benzene rings is 2. The Labute approximate surface area is 137 Å². The Balaban J connectivity index is 2.33. The second-order valence-corrected chi connectivity index (χ2v) is 6.08. The molecule has 0 aliphatic rings. The maximum atomic E-state index is 11.2. The number of halogens is 1. The zero-order chi connectivity index (χ0) is 16.1. The fourth-order valence-electron chi connectivity index (χ4n) is 2.05. The highest BCUT2D eigenvalue weighted by Gasteiger charge is 2.22. The monoisotopic (exact) mass is 365 g/mol. The van der Waals surface area contributed by atoms with E-state index in [9.17, 15) is 10.1 Å². The van der Waals surface area contributed by atoms with Gasteiger partial charge in [-0.3, -0.25) is 10.1 Å². The van der Waals surface area contributed by atoms with Gasteiger partial charge in [0.15, 0.2) is 11.5 Å². The molecule has 0 aliphatic carbocycles. The summed E-state index contributed by atoms with van der Waals surface area (Å²) in [5.74, 6) is 0.831. The Morgan fingerprint density at radius 3 is 2.45 bits per heavy atom. The molecule has 0 aromatic heterocycles. The number of methoxy groups -OCH3 is 1. The zero-order valence-electron chi connectivity index (χ0n) is 12.3. The highest BCUT2D eigenvalue weighted by Crippen LogP contribution is 2.40. The molecule has 2 aromatic carbocycles. The van der Waals surface area contributed by atoms with Crippen molar-refractivity contribution in [1.29, 1.82) is 0 Å². The Morgan fingerprint density at radius 2 is 1.91 bits per heavy atom. The molecule has 0 bridgehead atoms. The summed E-state index contributed by atoms with van der Waals surface area (Å²) >= 11 is 3.36. The van der Waals surface area contributed by atoms with Crippen molar-refractivity contribution < 1.29 is 14.4 Å². The van der Waals surface area contributed by atoms with E-state index in [1.807, 2.05) is 37.3 Å². The highest BCUT2D eigenvalue weighted by molar-refractivity contribution is 9.09. The van der Waals surface area contributed by atoms with Gasteiger partial charge in [-0.2, -0.15) is 0 Å². The predicted octanol–water partition coefficient (Wildman–Crippen LogP) is 4.64. The summed E-state index contributed by atoms with van der Waals surface area (Å²) in [6.07, 6.45) is 0.